The van der Waals surface area contributed by atoms with Gasteiger partial charge in [0.1, 0.15) is 11.6 Å². The van der Waals surface area contributed by atoms with Gasteiger partial charge >= 0.3 is 0 Å². The van der Waals surface area contributed by atoms with Crippen LogP contribution in [0.5, 0.6) is 5.75 Å². The largest absolute Gasteiger partial charge is 0.493 e. The second kappa shape index (κ2) is 6.77. The molecule has 1 aromatic carbocycles. The molecule has 0 spiro atoms. The number of piperidine rings is 1. The number of ether oxygens (including phenoxy) is 1. The summed E-state index contributed by atoms with van der Waals surface area (Å²) in [6.45, 7) is 4.40. The van der Waals surface area contributed by atoms with E-state index in [1.165, 1.54) is 12.1 Å². The van der Waals surface area contributed by atoms with Crippen LogP contribution in [0.4, 0.5) is 10.3 Å². The van der Waals surface area contributed by atoms with Crippen molar-refractivity contribution in [2.24, 2.45) is 5.92 Å². The Morgan fingerprint density at radius 1 is 1.36 bits per heavy atom. The van der Waals surface area contributed by atoms with Gasteiger partial charge in [0, 0.05) is 25.4 Å². The summed E-state index contributed by atoms with van der Waals surface area (Å²) in [6, 6.07) is 6.13. The van der Waals surface area contributed by atoms with Crippen molar-refractivity contribution in [1.29, 1.82) is 0 Å². The fourth-order valence-electron chi connectivity index (χ4n) is 2.65. The van der Waals surface area contributed by atoms with Crippen molar-refractivity contribution in [2.75, 3.05) is 24.6 Å². The molecule has 2 aromatic rings. The van der Waals surface area contributed by atoms with Crippen LogP contribution < -0.4 is 9.64 Å². The predicted molar refractivity (Wildman–Crippen MR) is 80.5 cm³/mol. The first kappa shape index (κ1) is 14.8. The van der Waals surface area contributed by atoms with E-state index in [9.17, 15) is 4.39 Å². The van der Waals surface area contributed by atoms with Crippen molar-refractivity contribution in [1.82, 2.24) is 10.1 Å². The highest BCUT2D eigenvalue weighted by Crippen LogP contribution is 2.22. The molecule has 2 heterocycles. The Morgan fingerprint density at radius 3 is 2.91 bits per heavy atom. The molecule has 118 valence electrons. The highest BCUT2D eigenvalue weighted by molar-refractivity contribution is 5.28. The Bertz CT molecular complexity index is 600. The average molecular weight is 305 g/mol. The molecule has 1 fully saturated rings. The molecule has 22 heavy (non-hydrogen) atoms. The summed E-state index contributed by atoms with van der Waals surface area (Å²) < 4.78 is 23.8. The monoisotopic (exact) mass is 305 g/mol. The fourth-order valence-corrected chi connectivity index (χ4v) is 2.65. The topological polar surface area (TPSA) is 51.4 Å². The van der Waals surface area contributed by atoms with E-state index in [0.717, 1.165) is 32.4 Å². The highest BCUT2D eigenvalue weighted by Gasteiger charge is 2.23. The van der Waals surface area contributed by atoms with E-state index in [1.54, 1.807) is 12.1 Å². The van der Waals surface area contributed by atoms with Gasteiger partial charge in [0.05, 0.1) is 6.61 Å². The van der Waals surface area contributed by atoms with Gasteiger partial charge in [-0.1, -0.05) is 6.92 Å². The smallest absolute Gasteiger partial charge is 0.266 e. The normalized spacial score (nSPS) is 18.5. The third kappa shape index (κ3) is 3.55. The van der Waals surface area contributed by atoms with Crippen molar-refractivity contribution >= 4 is 5.95 Å². The number of hydrogen-bond acceptors (Lipinski definition) is 5. The molecule has 0 aliphatic carbocycles. The lowest BCUT2D eigenvalue weighted by Crippen LogP contribution is -2.38. The van der Waals surface area contributed by atoms with Crippen LogP contribution in [-0.4, -0.2) is 29.8 Å². The molecular formula is C16H20FN3O2. The number of rotatable bonds is 5. The molecular weight excluding hydrogens is 285 g/mol. The van der Waals surface area contributed by atoms with Gasteiger partial charge in [0.15, 0.2) is 0 Å². The van der Waals surface area contributed by atoms with Crippen molar-refractivity contribution in [3.05, 3.63) is 36.0 Å². The number of halogens is 1. The van der Waals surface area contributed by atoms with E-state index < -0.39 is 0 Å². The Kier molecular flexibility index (Phi) is 4.56. The second-order valence-corrected chi connectivity index (χ2v) is 5.56. The molecule has 3 rings (SSSR count). The van der Waals surface area contributed by atoms with Crippen LogP contribution in [0.1, 0.15) is 25.7 Å². The van der Waals surface area contributed by atoms with Gasteiger partial charge in [0.25, 0.3) is 5.95 Å². The fraction of sp³-hybridized carbons (Fsp3) is 0.500. The average Bonchev–Trinajstić information content (AvgIpc) is 3.04. The molecule has 5 nitrogen and oxygen atoms in total. The standard InChI is InChI=1S/C16H20FN3O2/c1-2-15-18-16(19-22-15)20-9-3-4-12(10-20)11-21-14-7-5-13(17)6-8-14/h5-8,12H,2-4,9-11H2,1H3/t12-/m0/s1. The summed E-state index contributed by atoms with van der Waals surface area (Å²) in [5.41, 5.74) is 0. The van der Waals surface area contributed by atoms with Crippen LogP contribution in [0, 0.1) is 11.7 Å². The number of anilines is 1. The van der Waals surface area contributed by atoms with Gasteiger partial charge in [0.2, 0.25) is 5.89 Å². The van der Waals surface area contributed by atoms with Gasteiger partial charge < -0.3 is 14.2 Å². The second-order valence-electron chi connectivity index (χ2n) is 5.56. The van der Waals surface area contributed by atoms with Gasteiger partial charge in [-0.15, -0.1) is 0 Å². The molecule has 1 aromatic heterocycles. The number of aryl methyl sites for hydroxylation is 1. The molecule has 1 aliphatic rings. The van der Waals surface area contributed by atoms with Crippen LogP contribution in [-0.2, 0) is 6.42 Å². The third-order valence-corrected chi connectivity index (χ3v) is 3.86. The summed E-state index contributed by atoms with van der Waals surface area (Å²) in [5, 5.41) is 4.03. The quantitative estimate of drug-likeness (QED) is 0.849. The van der Waals surface area contributed by atoms with E-state index in [0.29, 0.717) is 30.1 Å². The summed E-state index contributed by atoms with van der Waals surface area (Å²) in [5.74, 6) is 2.19. The predicted octanol–water partition coefficient (Wildman–Crippen LogP) is 3.07. The Morgan fingerprint density at radius 2 is 2.18 bits per heavy atom. The van der Waals surface area contributed by atoms with E-state index >= 15 is 0 Å². The van der Waals surface area contributed by atoms with Crippen LogP contribution in [0.2, 0.25) is 0 Å². The van der Waals surface area contributed by atoms with Crippen molar-refractivity contribution in [3.63, 3.8) is 0 Å². The number of nitrogens with zero attached hydrogens (tertiary/aromatic N) is 3. The summed E-state index contributed by atoms with van der Waals surface area (Å²) >= 11 is 0. The Balaban J connectivity index is 1.55. The molecule has 0 unspecified atom stereocenters. The van der Waals surface area contributed by atoms with Gasteiger partial charge in [-0.3, -0.25) is 0 Å². The molecule has 6 heteroatoms. The summed E-state index contributed by atoms with van der Waals surface area (Å²) in [7, 11) is 0. The number of aromatic nitrogens is 2. The zero-order chi connectivity index (χ0) is 15.4. The van der Waals surface area contributed by atoms with Crippen molar-refractivity contribution < 1.29 is 13.7 Å². The molecule has 1 aliphatic heterocycles. The maximum Gasteiger partial charge on any atom is 0.266 e. The van der Waals surface area contributed by atoms with Crippen LogP contribution in [0.3, 0.4) is 0 Å². The Labute approximate surface area is 129 Å². The maximum absolute atomic E-state index is 12.9. The number of hydrogen-bond donors (Lipinski definition) is 0. The van der Waals surface area contributed by atoms with E-state index in [-0.39, 0.29) is 5.82 Å². The molecule has 1 atom stereocenters. The lowest BCUT2D eigenvalue weighted by molar-refractivity contribution is 0.227. The van der Waals surface area contributed by atoms with Crippen LogP contribution >= 0.6 is 0 Å². The maximum atomic E-state index is 12.9. The van der Waals surface area contributed by atoms with E-state index in [1.807, 2.05) is 6.92 Å². The van der Waals surface area contributed by atoms with Crippen molar-refractivity contribution in [3.8, 4) is 5.75 Å². The zero-order valence-electron chi connectivity index (χ0n) is 12.7. The van der Waals surface area contributed by atoms with E-state index in [4.69, 9.17) is 9.26 Å². The van der Waals surface area contributed by atoms with Crippen molar-refractivity contribution in [2.45, 2.75) is 26.2 Å². The zero-order valence-corrected chi connectivity index (χ0v) is 12.7. The summed E-state index contributed by atoms with van der Waals surface area (Å²) in [6.07, 6.45) is 2.93. The van der Waals surface area contributed by atoms with Crippen LogP contribution in [0.15, 0.2) is 28.8 Å². The minimum Gasteiger partial charge on any atom is -0.493 e. The van der Waals surface area contributed by atoms with Gasteiger partial charge in [-0.2, -0.15) is 4.98 Å². The minimum absolute atomic E-state index is 0.250. The molecule has 0 saturated carbocycles. The molecule has 0 N–H and O–H groups in total. The highest BCUT2D eigenvalue weighted by atomic mass is 19.1. The SMILES string of the molecule is CCc1nc(N2CCC[C@H](COc3ccc(F)cc3)C2)no1. The number of benzene rings is 1. The van der Waals surface area contributed by atoms with Gasteiger partial charge in [-0.05, 0) is 42.3 Å². The lowest BCUT2D eigenvalue weighted by Gasteiger charge is -2.31. The lowest BCUT2D eigenvalue weighted by atomic mass is 9.99. The van der Waals surface area contributed by atoms with E-state index in [2.05, 4.69) is 15.0 Å². The first-order valence-corrected chi connectivity index (χ1v) is 7.70. The molecule has 0 amide bonds. The first-order valence-electron chi connectivity index (χ1n) is 7.70. The summed E-state index contributed by atoms with van der Waals surface area (Å²) in [4.78, 5) is 6.52. The Hall–Kier alpha value is -2.11. The minimum atomic E-state index is -0.250. The van der Waals surface area contributed by atoms with Crippen LogP contribution in [0.25, 0.3) is 0 Å². The third-order valence-electron chi connectivity index (χ3n) is 3.86. The van der Waals surface area contributed by atoms with Gasteiger partial charge in [-0.25, -0.2) is 4.39 Å². The first-order chi connectivity index (χ1) is 10.7. The molecule has 1 saturated heterocycles. The molecule has 0 radical (unpaired) electrons. The molecule has 0 bridgehead atoms.